The molecule has 0 aliphatic heterocycles. The van der Waals surface area contributed by atoms with Gasteiger partial charge in [0.05, 0.1) is 12.7 Å². The van der Waals surface area contributed by atoms with Gasteiger partial charge in [-0.25, -0.2) is 0 Å². The number of aliphatic hydroxyl groups is 1. The Morgan fingerprint density at radius 1 is 1.47 bits per heavy atom. The first kappa shape index (κ1) is 12.9. The Balaban J connectivity index is 2.22. The summed E-state index contributed by atoms with van der Waals surface area (Å²) >= 11 is 0. The fourth-order valence-corrected chi connectivity index (χ4v) is 2.12. The van der Waals surface area contributed by atoms with E-state index in [-0.39, 0.29) is 12.0 Å². The predicted molar refractivity (Wildman–Crippen MR) is 61.9 cm³/mol. The second kappa shape index (κ2) is 5.83. The Kier molecular flexibility index (Phi) is 5.03. The fraction of sp³-hybridized carbons (Fsp3) is 1.00. The number of hydrogen-bond donors (Lipinski definition) is 2. The molecule has 3 heteroatoms. The normalized spacial score (nSPS) is 28.8. The van der Waals surface area contributed by atoms with Crippen LogP contribution in [0.15, 0.2) is 0 Å². The van der Waals surface area contributed by atoms with Gasteiger partial charge in [0.2, 0.25) is 0 Å². The zero-order chi connectivity index (χ0) is 11.3. The van der Waals surface area contributed by atoms with Crippen molar-refractivity contribution in [3.05, 3.63) is 0 Å². The second-order valence-electron chi connectivity index (χ2n) is 5.00. The van der Waals surface area contributed by atoms with Gasteiger partial charge in [-0.05, 0) is 12.8 Å². The van der Waals surface area contributed by atoms with Crippen LogP contribution in [0.2, 0.25) is 0 Å². The first-order valence-corrected chi connectivity index (χ1v) is 6.08. The van der Waals surface area contributed by atoms with Crippen LogP contribution in [0.4, 0.5) is 0 Å². The molecule has 0 heterocycles. The second-order valence-corrected chi connectivity index (χ2v) is 5.00. The van der Waals surface area contributed by atoms with Crippen molar-refractivity contribution in [1.29, 1.82) is 0 Å². The maximum absolute atomic E-state index is 8.75. The van der Waals surface area contributed by atoms with E-state index in [9.17, 15) is 0 Å². The van der Waals surface area contributed by atoms with E-state index in [0.29, 0.717) is 18.7 Å². The van der Waals surface area contributed by atoms with E-state index in [0.717, 1.165) is 19.4 Å². The van der Waals surface area contributed by atoms with Crippen molar-refractivity contribution in [3.8, 4) is 0 Å². The number of ether oxygens (including phenoxy) is 1. The summed E-state index contributed by atoms with van der Waals surface area (Å²) in [7, 11) is 0. The van der Waals surface area contributed by atoms with Gasteiger partial charge in [0.25, 0.3) is 0 Å². The topological polar surface area (TPSA) is 41.5 Å². The van der Waals surface area contributed by atoms with Gasteiger partial charge in [-0.2, -0.15) is 0 Å². The molecule has 90 valence electrons. The molecule has 0 aromatic carbocycles. The van der Waals surface area contributed by atoms with E-state index in [1.54, 1.807) is 0 Å². The van der Waals surface area contributed by atoms with E-state index >= 15 is 0 Å². The largest absolute Gasteiger partial charge is 0.395 e. The highest BCUT2D eigenvalue weighted by Gasteiger charge is 2.48. The summed E-state index contributed by atoms with van der Waals surface area (Å²) in [6.45, 7) is 8.45. The predicted octanol–water partition coefficient (Wildman–Crippen LogP) is 1.55. The molecule has 2 N–H and O–H groups in total. The maximum Gasteiger partial charge on any atom is 0.0655 e. The Morgan fingerprint density at radius 2 is 2.20 bits per heavy atom. The van der Waals surface area contributed by atoms with Crippen LogP contribution in [-0.2, 0) is 4.74 Å². The SMILES string of the molecule is CCCCOC1CC(NCCO)C1(C)C. The third-order valence-electron chi connectivity index (χ3n) is 3.50. The van der Waals surface area contributed by atoms with Gasteiger partial charge in [-0.1, -0.05) is 27.2 Å². The van der Waals surface area contributed by atoms with E-state index in [1.807, 2.05) is 0 Å². The average Bonchev–Trinajstić information content (AvgIpc) is 2.21. The number of rotatable bonds is 7. The lowest BCUT2D eigenvalue weighted by atomic mass is 9.64. The molecule has 0 aromatic rings. The van der Waals surface area contributed by atoms with Crippen LogP contribution in [0.5, 0.6) is 0 Å². The maximum atomic E-state index is 8.75. The molecule has 0 bridgehead atoms. The number of aliphatic hydroxyl groups excluding tert-OH is 1. The monoisotopic (exact) mass is 215 g/mol. The lowest BCUT2D eigenvalue weighted by molar-refractivity contribution is -0.118. The third kappa shape index (κ3) is 3.16. The van der Waals surface area contributed by atoms with Crippen LogP contribution in [0.25, 0.3) is 0 Å². The van der Waals surface area contributed by atoms with Crippen LogP contribution in [-0.4, -0.2) is 37.0 Å². The molecule has 0 aromatic heterocycles. The molecule has 0 saturated heterocycles. The average molecular weight is 215 g/mol. The number of unbranched alkanes of at least 4 members (excludes halogenated alkanes) is 1. The van der Waals surface area contributed by atoms with Crippen LogP contribution in [0.3, 0.4) is 0 Å². The molecular formula is C12H25NO2. The summed E-state index contributed by atoms with van der Waals surface area (Å²) in [5.41, 5.74) is 0.211. The zero-order valence-corrected chi connectivity index (χ0v) is 10.3. The molecule has 2 unspecified atom stereocenters. The Morgan fingerprint density at radius 3 is 2.73 bits per heavy atom. The lowest BCUT2D eigenvalue weighted by Gasteiger charge is -2.52. The van der Waals surface area contributed by atoms with Crippen molar-refractivity contribution in [2.24, 2.45) is 5.41 Å². The van der Waals surface area contributed by atoms with Crippen molar-refractivity contribution in [1.82, 2.24) is 5.32 Å². The van der Waals surface area contributed by atoms with Crippen LogP contribution in [0, 0.1) is 5.41 Å². The summed E-state index contributed by atoms with van der Waals surface area (Å²) in [6, 6.07) is 0.497. The van der Waals surface area contributed by atoms with Crippen molar-refractivity contribution < 1.29 is 9.84 Å². The van der Waals surface area contributed by atoms with Crippen molar-refractivity contribution in [3.63, 3.8) is 0 Å². The van der Waals surface area contributed by atoms with Gasteiger partial charge in [0.1, 0.15) is 0 Å². The standard InChI is InChI=1S/C12H25NO2/c1-4-5-8-15-11-9-10(12(11,2)3)13-6-7-14/h10-11,13-14H,4-9H2,1-3H3. The van der Waals surface area contributed by atoms with E-state index in [1.165, 1.54) is 6.42 Å². The third-order valence-corrected chi connectivity index (χ3v) is 3.50. The lowest BCUT2D eigenvalue weighted by Crippen LogP contribution is -2.61. The smallest absolute Gasteiger partial charge is 0.0655 e. The van der Waals surface area contributed by atoms with E-state index in [4.69, 9.17) is 9.84 Å². The Hall–Kier alpha value is -0.120. The van der Waals surface area contributed by atoms with Gasteiger partial charge in [-0.3, -0.25) is 0 Å². The van der Waals surface area contributed by atoms with Gasteiger partial charge < -0.3 is 15.2 Å². The minimum atomic E-state index is 0.211. The van der Waals surface area contributed by atoms with Gasteiger partial charge in [0.15, 0.2) is 0 Å². The van der Waals surface area contributed by atoms with E-state index < -0.39 is 0 Å². The minimum absolute atomic E-state index is 0.211. The number of hydrogen-bond acceptors (Lipinski definition) is 3. The molecule has 1 saturated carbocycles. The molecule has 1 fully saturated rings. The Labute approximate surface area is 93.2 Å². The molecule has 0 radical (unpaired) electrons. The quantitative estimate of drug-likeness (QED) is 0.633. The summed E-state index contributed by atoms with van der Waals surface area (Å²) in [6.07, 6.45) is 3.82. The van der Waals surface area contributed by atoms with Crippen molar-refractivity contribution in [2.75, 3.05) is 19.8 Å². The number of nitrogens with one attached hydrogen (secondary N) is 1. The first-order chi connectivity index (χ1) is 7.12. The van der Waals surface area contributed by atoms with Crippen LogP contribution < -0.4 is 5.32 Å². The molecule has 0 spiro atoms. The molecule has 1 rings (SSSR count). The van der Waals surface area contributed by atoms with Crippen molar-refractivity contribution in [2.45, 2.75) is 52.2 Å². The van der Waals surface area contributed by atoms with Crippen LogP contribution >= 0.6 is 0 Å². The molecule has 3 nitrogen and oxygen atoms in total. The zero-order valence-electron chi connectivity index (χ0n) is 10.3. The van der Waals surface area contributed by atoms with Gasteiger partial charge in [0, 0.05) is 24.6 Å². The summed E-state index contributed by atoms with van der Waals surface area (Å²) in [5.74, 6) is 0. The summed E-state index contributed by atoms with van der Waals surface area (Å²) < 4.78 is 5.84. The summed E-state index contributed by atoms with van der Waals surface area (Å²) in [5, 5.41) is 12.1. The highest BCUT2D eigenvalue weighted by Crippen LogP contribution is 2.42. The first-order valence-electron chi connectivity index (χ1n) is 6.08. The van der Waals surface area contributed by atoms with Gasteiger partial charge in [-0.15, -0.1) is 0 Å². The summed E-state index contributed by atoms with van der Waals surface area (Å²) in [4.78, 5) is 0. The highest BCUT2D eigenvalue weighted by molar-refractivity contribution is 5.02. The minimum Gasteiger partial charge on any atom is -0.395 e. The molecule has 15 heavy (non-hydrogen) atoms. The molecule has 0 amide bonds. The Bertz CT molecular complexity index is 182. The highest BCUT2D eigenvalue weighted by atomic mass is 16.5. The molecule has 1 aliphatic rings. The molecule has 2 atom stereocenters. The van der Waals surface area contributed by atoms with E-state index in [2.05, 4.69) is 26.1 Å². The van der Waals surface area contributed by atoms with Gasteiger partial charge >= 0.3 is 0 Å². The van der Waals surface area contributed by atoms with Crippen molar-refractivity contribution >= 4 is 0 Å². The molecular weight excluding hydrogens is 190 g/mol. The van der Waals surface area contributed by atoms with Crippen LogP contribution in [0.1, 0.15) is 40.0 Å². The molecule has 1 aliphatic carbocycles. The fourth-order valence-electron chi connectivity index (χ4n) is 2.12.